The minimum atomic E-state index is -0.846. The topological polar surface area (TPSA) is 97.0 Å². The fourth-order valence-corrected chi connectivity index (χ4v) is 5.07. The summed E-state index contributed by atoms with van der Waals surface area (Å²) >= 11 is 0. The van der Waals surface area contributed by atoms with Crippen LogP contribution in [0.5, 0.6) is 0 Å². The number of benzene rings is 2. The highest BCUT2D eigenvalue weighted by Crippen LogP contribution is 2.28. The number of nitrogens with one attached hydrogen (secondary N) is 1. The molecule has 0 spiro atoms. The van der Waals surface area contributed by atoms with Crippen LogP contribution >= 0.6 is 0 Å². The molecule has 1 amide bonds. The normalized spacial score (nSPS) is 17.2. The van der Waals surface area contributed by atoms with E-state index in [9.17, 15) is 18.8 Å². The molecular formula is C30H29F2N7O. The van der Waals surface area contributed by atoms with Gasteiger partial charge in [-0.1, -0.05) is 18.2 Å². The van der Waals surface area contributed by atoms with Crippen molar-refractivity contribution in [1.29, 1.82) is 5.26 Å². The van der Waals surface area contributed by atoms with Crippen molar-refractivity contribution in [3.05, 3.63) is 84.1 Å². The number of carbonyl (C=O) groups excluding carboxylic acids is 1. The molecule has 0 saturated carbocycles. The maximum Gasteiger partial charge on any atom is 0.256 e. The molecule has 1 atom stereocenters. The number of nitrogens with zero attached hydrogens (tertiary/aromatic N) is 6. The zero-order valence-corrected chi connectivity index (χ0v) is 21.9. The van der Waals surface area contributed by atoms with Crippen LogP contribution < -0.4 is 5.32 Å². The number of aromatic nitrogens is 1. The number of para-hydroxylation sites is 1. The van der Waals surface area contributed by atoms with Crippen LogP contribution in [0.3, 0.4) is 0 Å². The second kappa shape index (κ2) is 12.5. The molecule has 10 heteroatoms. The number of carbonyl (C=O) groups is 1. The van der Waals surface area contributed by atoms with E-state index in [1.807, 2.05) is 47.5 Å². The summed E-state index contributed by atoms with van der Waals surface area (Å²) in [5.74, 6) is -0.994. The lowest BCUT2D eigenvalue weighted by atomic mass is 9.89. The van der Waals surface area contributed by atoms with Crippen LogP contribution in [-0.2, 0) is 0 Å². The van der Waals surface area contributed by atoms with Gasteiger partial charge in [0.05, 0.1) is 48.3 Å². The van der Waals surface area contributed by atoms with Crippen LogP contribution in [-0.4, -0.2) is 58.4 Å². The average molecular weight is 542 g/mol. The Morgan fingerprint density at radius 1 is 1.12 bits per heavy atom. The average Bonchev–Trinajstić information content (AvgIpc) is 3.42. The van der Waals surface area contributed by atoms with Gasteiger partial charge in [-0.25, -0.2) is 18.8 Å². The number of halogens is 2. The molecule has 1 saturated heterocycles. The lowest BCUT2D eigenvalue weighted by molar-refractivity contribution is 0.0664. The summed E-state index contributed by atoms with van der Waals surface area (Å²) < 4.78 is 27.3. The number of nitriles is 1. The van der Waals surface area contributed by atoms with Gasteiger partial charge < -0.3 is 10.2 Å². The predicted molar refractivity (Wildman–Crippen MR) is 150 cm³/mol. The molecule has 3 aromatic rings. The van der Waals surface area contributed by atoms with Crippen LogP contribution in [0.4, 0.5) is 26.0 Å². The highest BCUT2D eigenvalue weighted by molar-refractivity contribution is 6.33. The van der Waals surface area contributed by atoms with Gasteiger partial charge >= 0.3 is 0 Å². The van der Waals surface area contributed by atoms with Crippen molar-refractivity contribution >= 4 is 35.0 Å². The summed E-state index contributed by atoms with van der Waals surface area (Å²) in [6.45, 7) is 1.46. The second-order valence-corrected chi connectivity index (χ2v) is 9.95. The molecule has 0 bridgehead atoms. The Morgan fingerprint density at radius 3 is 2.67 bits per heavy atom. The molecule has 2 aliphatic rings. The SMILES string of the molecule is N#CCC(CC1CCN(C(=O)c2ccc(F)cc2F)CC1)N1CC(=Nc2ccnc(Nc3ccccc3)c2)C=N1. The summed E-state index contributed by atoms with van der Waals surface area (Å²) in [7, 11) is 0. The third-order valence-electron chi connectivity index (χ3n) is 7.16. The highest BCUT2D eigenvalue weighted by atomic mass is 19.1. The Balaban J connectivity index is 1.16. The van der Waals surface area contributed by atoms with E-state index in [2.05, 4.69) is 21.5 Å². The minimum Gasteiger partial charge on any atom is -0.340 e. The Kier molecular flexibility index (Phi) is 8.40. The third-order valence-corrected chi connectivity index (χ3v) is 7.16. The van der Waals surface area contributed by atoms with E-state index < -0.39 is 17.5 Å². The monoisotopic (exact) mass is 541 g/mol. The third kappa shape index (κ3) is 6.67. The molecular weight excluding hydrogens is 512 g/mol. The first-order chi connectivity index (χ1) is 19.5. The van der Waals surface area contributed by atoms with Gasteiger partial charge in [-0.2, -0.15) is 10.4 Å². The number of aliphatic imine (C=N–C) groups is 1. The van der Waals surface area contributed by atoms with Crippen molar-refractivity contribution in [2.75, 3.05) is 25.0 Å². The Bertz CT molecular complexity index is 1450. The van der Waals surface area contributed by atoms with Gasteiger partial charge in [0.2, 0.25) is 0 Å². The van der Waals surface area contributed by atoms with E-state index in [-0.39, 0.29) is 11.6 Å². The zero-order valence-electron chi connectivity index (χ0n) is 21.9. The molecule has 2 aromatic carbocycles. The number of rotatable bonds is 8. The number of hydrogen-bond donors (Lipinski definition) is 1. The number of amides is 1. The van der Waals surface area contributed by atoms with Crippen LogP contribution in [0.1, 0.15) is 36.0 Å². The summed E-state index contributed by atoms with van der Waals surface area (Å²) in [5, 5.41) is 19.2. The molecule has 0 radical (unpaired) electrons. The molecule has 204 valence electrons. The largest absolute Gasteiger partial charge is 0.340 e. The van der Waals surface area contributed by atoms with Gasteiger partial charge in [-0.3, -0.25) is 9.80 Å². The van der Waals surface area contributed by atoms with Crippen LogP contribution in [0.15, 0.2) is 77.0 Å². The zero-order chi connectivity index (χ0) is 27.9. The number of hydrazone groups is 1. The van der Waals surface area contributed by atoms with Crippen molar-refractivity contribution in [2.45, 2.75) is 31.7 Å². The molecule has 40 heavy (non-hydrogen) atoms. The molecule has 3 heterocycles. The minimum absolute atomic E-state index is 0.0801. The summed E-state index contributed by atoms with van der Waals surface area (Å²) in [4.78, 5) is 23.5. The van der Waals surface area contributed by atoms with E-state index in [4.69, 9.17) is 4.99 Å². The number of hydrogen-bond acceptors (Lipinski definition) is 7. The highest BCUT2D eigenvalue weighted by Gasteiger charge is 2.30. The molecule has 8 nitrogen and oxygen atoms in total. The summed E-state index contributed by atoms with van der Waals surface area (Å²) in [6.07, 6.45) is 5.99. The first kappa shape index (κ1) is 26.9. The second-order valence-electron chi connectivity index (χ2n) is 9.95. The lowest BCUT2D eigenvalue weighted by Gasteiger charge is -2.35. The van der Waals surface area contributed by atoms with Crippen molar-refractivity contribution in [1.82, 2.24) is 14.9 Å². The van der Waals surface area contributed by atoms with E-state index in [1.165, 1.54) is 6.07 Å². The Hall–Kier alpha value is -4.65. The fourth-order valence-electron chi connectivity index (χ4n) is 5.07. The molecule has 1 unspecified atom stereocenters. The first-order valence-corrected chi connectivity index (χ1v) is 13.3. The molecule has 1 aromatic heterocycles. The van der Waals surface area contributed by atoms with Crippen molar-refractivity contribution in [3.8, 4) is 6.07 Å². The van der Waals surface area contributed by atoms with E-state index >= 15 is 0 Å². The first-order valence-electron chi connectivity index (χ1n) is 13.3. The van der Waals surface area contributed by atoms with Crippen LogP contribution in [0.2, 0.25) is 0 Å². The maximum atomic E-state index is 14.1. The van der Waals surface area contributed by atoms with E-state index in [1.54, 1.807) is 17.3 Å². The van der Waals surface area contributed by atoms with Gasteiger partial charge in [0, 0.05) is 37.1 Å². The standard InChI is InChI=1S/C30H29F2N7O/c31-22-6-7-27(28(32)17-22)30(40)38-14-10-21(11-15-38)16-26(8-12-33)39-20-25(19-35-39)36-24-9-13-34-29(18-24)37-23-4-2-1-3-5-23/h1-7,9,13,17-19,21,26H,8,10-11,14-16,20H2,(H,34,37). The van der Waals surface area contributed by atoms with Crippen molar-refractivity contribution < 1.29 is 13.6 Å². The Morgan fingerprint density at radius 2 is 1.93 bits per heavy atom. The van der Waals surface area contributed by atoms with Crippen molar-refractivity contribution in [3.63, 3.8) is 0 Å². The fraction of sp³-hybridized carbons (Fsp3) is 0.300. The Labute approximate surface area is 231 Å². The predicted octanol–water partition coefficient (Wildman–Crippen LogP) is 5.70. The summed E-state index contributed by atoms with van der Waals surface area (Å²) in [6, 6.07) is 18.7. The van der Waals surface area contributed by atoms with E-state index in [0.717, 1.165) is 48.5 Å². The summed E-state index contributed by atoms with van der Waals surface area (Å²) in [5.41, 5.74) is 2.37. The van der Waals surface area contributed by atoms with Gasteiger partial charge in [0.1, 0.15) is 17.5 Å². The smallest absolute Gasteiger partial charge is 0.256 e. The van der Waals surface area contributed by atoms with Crippen LogP contribution in [0.25, 0.3) is 0 Å². The van der Waals surface area contributed by atoms with Gasteiger partial charge in [-0.05, 0) is 55.5 Å². The van der Waals surface area contributed by atoms with Gasteiger partial charge in [0.15, 0.2) is 0 Å². The van der Waals surface area contributed by atoms with Gasteiger partial charge in [0.25, 0.3) is 5.91 Å². The van der Waals surface area contributed by atoms with E-state index in [0.29, 0.717) is 37.8 Å². The quantitative estimate of drug-likeness (QED) is 0.395. The van der Waals surface area contributed by atoms with Gasteiger partial charge in [-0.15, -0.1) is 0 Å². The number of piperidine rings is 1. The maximum absolute atomic E-state index is 14.1. The molecule has 1 N–H and O–H groups in total. The van der Waals surface area contributed by atoms with Crippen molar-refractivity contribution in [2.24, 2.45) is 16.0 Å². The number of anilines is 2. The molecule has 1 fully saturated rings. The molecule has 5 rings (SSSR count). The number of likely N-dealkylation sites (tertiary alicyclic amines) is 1. The lowest BCUT2D eigenvalue weighted by Crippen LogP contribution is -2.41. The molecule has 0 aliphatic carbocycles. The van der Waals surface area contributed by atoms with Crippen LogP contribution in [0, 0.1) is 28.9 Å². The molecule has 2 aliphatic heterocycles. The number of pyridine rings is 1.